The molecule has 0 bridgehead atoms. The van der Waals surface area contributed by atoms with Crippen LogP contribution in [-0.2, 0) is 0 Å². The number of halogens is 1. The second-order valence-corrected chi connectivity index (χ2v) is 5.03. The van der Waals surface area contributed by atoms with Gasteiger partial charge in [0.2, 0.25) is 0 Å². The van der Waals surface area contributed by atoms with E-state index >= 15 is 0 Å². The first-order valence-electron chi connectivity index (χ1n) is 6.21. The summed E-state index contributed by atoms with van der Waals surface area (Å²) in [7, 11) is 0. The molecule has 0 radical (unpaired) electrons. The normalized spacial score (nSPS) is 15.9. The Hall–Kier alpha value is -2.09. The molecule has 0 spiro atoms. The molecule has 1 atom stereocenters. The first-order chi connectivity index (χ1) is 9.66. The van der Waals surface area contributed by atoms with Gasteiger partial charge in [0.15, 0.2) is 5.82 Å². The molecule has 20 heavy (non-hydrogen) atoms. The SMILES string of the molecule is C[C@H](NC(=O)c1ncncc1Cl)c1nnnn1C1CC1. The monoisotopic (exact) mass is 293 g/mol. The first kappa shape index (κ1) is 12.9. The molecule has 1 N–H and O–H groups in total. The van der Waals surface area contributed by atoms with Gasteiger partial charge in [-0.3, -0.25) is 4.79 Å². The van der Waals surface area contributed by atoms with E-state index in [1.54, 1.807) is 4.68 Å². The average Bonchev–Trinajstić information content (AvgIpc) is 3.16. The van der Waals surface area contributed by atoms with Crippen LogP contribution in [0.1, 0.15) is 48.2 Å². The zero-order valence-electron chi connectivity index (χ0n) is 10.7. The molecule has 1 saturated carbocycles. The maximum Gasteiger partial charge on any atom is 0.272 e. The van der Waals surface area contributed by atoms with Crippen LogP contribution < -0.4 is 5.32 Å². The molecule has 3 rings (SSSR count). The van der Waals surface area contributed by atoms with Crippen LogP contribution in [0.2, 0.25) is 5.02 Å². The van der Waals surface area contributed by atoms with Crippen molar-refractivity contribution in [2.24, 2.45) is 0 Å². The van der Waals surface area contributed by atoms with Crippen LogP contribution in [0.25, 0.3) is 0 Å². The maximum absolute atomic E-state index is 12.1. The zero-order valence-corrected chi connectivity index (χ0v) is 11.4. The van der Waals surface area contributed by atoms with Gasteiger partial charge in [-0.05, 0) is 30.2 Å². The molecule has 2 heterocycles. The highest BCUT2D eigenvalue weighted by atomic mass is 35.5. The van der Waals surface area contributed by atoms with Gasteiger partial charge in [-0.1, -0.05) is 11.6 Å². The third kappa shape index (κ3) is 2.46. The molecule has 2 aromatic heterocycles. The highest BCUT2D eigenvalue weighted by molar-refractivity contribution is 6.33. The third-order valence-electron chi connectivity index (χ3n) is 3.03. The lowest BCUT2D eigenvalue weighted by Crippen LogP contribution is -2.29. The van der Waals surface area contributed by atoms with Crippen molar-refractivity contribution in [3.8, 4) is 0 Å². The molecular formula is C11H12ClN7O. The van der Waals surface area contributed by atoms with Gasteiger partial charge in [0, 0.05) is 6.20 Å². The highest BCUT2D eigenvalue weighted by Crippen LogP contribution is 2.35. The van der Waals surface area contributed by atoms with E-state index in [0.717, 1.165) is 12.8 Å². The number of amides is 1. The smallest absolute Gasteiger partial charge is 0.272 e. The van der Waals surface area contributed by atoms with E-state index in [0.29, 0.717) is 11.9 Å². The van der Waals surface area contributed by atoms with E-state index in [4.69, 9.17) is 11.6 Å². The topological polar surface area (TPSA) is 98.5 Å². The van der Waals surface area contributed by atoms with Crippen molar-refractivity contribution >= 4 is 17.5 Å². The van der Waals surface area contributed by atoms with Crippen molar-refractivity contribution < 1.29 is 4.79 Å². The number of tetrazole rings is 1. The number of nitrogens with one attached hydrogen (secondary N) is 1. The molecule has 2 aromatic rings. The zero-order chi connectivity index (χ0) is 14.1. The van der Waals surface area contributed by atoms with E-state index in [2.05, 4.69) is 30.8 Å². The molecule has 0 aliphatic heterocycles. The number of rotatable bonds is 4. The predicted octanol–water partition coefficient (Wildman–Crippen LogP) is 0.942. The van der Waals surface area contributed by atoms with Gasteiger partial charge < -0.3 is 5.32 Å². The van der Waals surface area contributed by atoms with Gasteiger partial charge in [0.05, 0.1) is 17.1 Å². The Morgan fingerprint density at radius 1 is 1.55 bits per heavy atom. The Bertz CT molecular complexity index is 639. The molecule has 104 valence electrons. The molecule has 9 heteroatoms. The molecule has 1 aliphatic rings. The predicted molar refractivity (Wildman–Crippen MR) is 69.0 cm³/mol. The Morgan fingerprint density at radius 3 is 3.05 bits per heavy atom. The fourth-order valence-electron chi connectivity index (χ4n) is 1.87. The van der Waals surface area contributed by atoms with Gasteiger partial charge in [0.25, 0.3) is 5.91 Å². The van der Waals surface area contributed by atoms with Crippen molar-refractivity contribution in [2.45, 2.75) is 31.8 Å². The molecule has 1 amide bonds. The van der Waals surface area contributed by atoms with Crippen LogP contribution in [0.15, 0.2) is 12.5 Å². The van der Waals surface area contributed by atoms with Gasteiger partial charge in [-0.25, -0.2) is 14.6 Å². The number of carbonyl (C=O) groups excluding carboxylic acids is 1. The van der Waals surface area contributed by atoms with Crippen LogP contribution in [0.5, 0.6) is 0 Å². The molecule has 0 unspecified atom stereocenters. The summed E-state index contributed by atoms with van der Waals surface area (Å²) in [6.45, 7) is 1.82. The van der Waals surface area contributed by atoms with E-state index < -0.39 is 0 Å². The summed E-state index contributed by atoms with van der Waals surface area (Å²) in [5.74, 6) is 0.251. The summed E-state index contributed by atoms with van der Waals surface area (Å²) in [5.41, 5.74) is 0.138. The third-order valence-corrected chi connectivity index (χ3v) is 3.31. The Kier molecular flexibility index (Phi) is 3.31. The minimum Gasteiger partial charge on any atom is -0.341 e. The van der Waals surface area contributed by atoms with Crippen LogP contribution in [0, 0.1) is 0 Å². The number of carbonyl (C=O) groups is 1. The lowest BCUT2D eigenvalue weighted by atomic mass is 10.3. The summed E-state index contributed by atoms with van der Waals surface area (Å²) in [6.07, 6.45) is 4.79. The van der Waals surface area contributed by atoms with E-state index in [1.165, 1.54) is 12.5 Å². The lowest BCUT2D eigenvalue weighted by molar-refractivity contribution is 0.0932. The number of hydrogen-bond donors (Lipinski definition) is 1. The van der Waals surface area contributed by atoms with E-state index in [1.807, 2.05) is 6.92 Å². The van der Waals surface area contributed by atoms with Crippen LogP contribution in [0.3, 0.4) is 0 Å². The first-order valence-corrected chi connectivity index (χ1v) is 6.58. The largest absolute Gasteiger partial charge is 0.341 e. The summed E-state index contributed by atoms with van der Waals surface area (Å²) in [4.78, 5) is 19.7. The number of aromatic nitrogens is 6. The fourth-order valence-corrected chi connectivity index (χ4v) is 2.07. The number of hydrogen-bond acceptors (Lipinski definition) is 6. The Morgan fingerprint density at radius 2 is 2.35 bits per heavy atom. The molecular weight excluding hydrogens is 282 g/mol. The van der Waals surface area contributed by atoms with Crippen molar-refractivity contribution in [3.05, 3.63) is 29.1 Å². The summed E-state index contributed by atoms with van der Waals surface area (Å²) >= 11 is 5.89. The Labute approximate surface area is 119 Å². The van der Waals surface area contributed by atoms with Crippen LogP contribution in [0.4, 0.5) is 0 Å². The summed E-state index contributed by atoms with van der Waals surface area (Å²) < 4.78 is 1.76. The molecule has 8 nitrogen and oxygen atoms in total. The second kappa shape index (κ2) is 5.12. The van der Waals surface area contributed by atoms with Crippen molar-refractivity contribution in [2.75, 3.05) is 0 Å². The van der Waals surface area contributed by atoms with Gasteiger partial charge >= 0.3 is 0 Å². The summed E-state index contributed by atoms with van der Waals surface area (Å²) in [5, 5.41) is 14.6. The van der Waals surface area contributed by atoms with Crippen LogP contribution >= 0.6 is 11.6 Å². The second-order valence-electron chi connectivity index (χ2n) is 4.63. The Balaban J connectivity index is 1.75. The van der Waals surface area contributed by atoms with Gasteiger partial charge in [-0.2, -0.15) is 0 Å². The minimum absolute atomic E-state index is 0.138. The van der Waals surface area contributed by atoms with Crippen LogP contribution in [-0.4, -0.2) is 36.1 Å². The minimum atomic E-state index is -0.379. The van der Waals surface area contributed by atoms with E-state index in [-0.39, 0.29) is 22.7 Å². The maximum atomic E-state index is 12.1. The molecule has 0 aromatic carbocycles. The quantitative estimate of drug-likeness (QED) is 0.901. The average molecular weight is 294 g/mol. The summed E-state index contributed by atoms with van der Waals surface area (Å²) in [6, 6.07) is 0.0196. The van der Waals surface area contributed by atoms with Crippen molar-refractivity contribution in [3.63, 3.8) is 0 Å². The highest BCUT2D eigenvalue weighted by Gasteiger charge is 2.30. The molecule has 0 saturated heterocycles. The standard InChI is InChI=1S/C11H12ClN7O/c1-6(10-16-17-18-19(10)7-2-3-7)15-11(20)9-8(12)4-13-5-14-9/h4-7H,2-3H2,1H3,(H,15,20)/t6-/m0/s1. The van der Waals surface area contributed by atoms with Gasteiger partial charge in [-0.15, -0.1) is 5.10 Å². The number of nitrogens with zero attached hydrogens (tertiary/aromatic N) is 6. The molecule has 1 fully saturated rings. The van der Waals surface area contributed by atoms with Crippen molar-refractivity contribution in [1.82, 2.24) is 35.5 Å². The van der Waals surface area contributed by atoms with Gasteiger partial charge in [0.1, 0.15) is 12.0 Å². The van der Waals surface area contributed by atoms with E-state index in [9.17, 15) is 4.79 Å². The lowest BCUT2D eigenvalue weighted by Gasteiger charge is -2.13. The molecule has 1 aliphatic carbocycles. The fraction of sp³-hybridized carbons (Fsp3) is 0.455. The van der Waals surface area contributed by atoms with Crippen molar-refractivity contribution in [1.29, 1.82) is 0 Å².